The van der Waals surface area contributed by atoms with Gasteiger partial charge in [-0.3, -0.25) is 14.4 Å². The summed E-state index contributed by atoms with van der Waals surface area (Å²) < 4.78 is 61.2. The number of halogens is 2. The number of ether oxygens (including phenoxy) is 1. The van der Waals surface area contributed by atoms with Crippen molar-refractivity contribution < 1.29 is 46.2 Å². The largest absolute Gasteiger partial charge is 0.494 e. The maximum atomic E-state index is 15.1. The zero-order chi connectivity index (χ0) is 35.5. The maximum Gasteiger partial charge on any atom is 0.321 e. The Morgan fingerprint density at radius 2 is 1.75 bits per heavy atom. The predicted octanol–water partition coefficient (Wildman–Crippen LogP) is 3.79. The van der Waals surface area contributed by atoms with Crippen molar-refractivity contribution in [3.63, 3.8) is 0 Å². The van der Waals surface area contributed by atoms with Crippen LogP contribution < -0.4 is 21.1 Å². The van der Waals surface area contributed by atoms with Gasteiger partial charge < -0.3 is 36.0 Å². The van der Waals surface area contributed by atoms with Crippen molar-refractivity contribution in [1.29, 1.82) is 0 Å². The van der Waals surface area contributed by atoms with Crippen molar-refractivity contribution in [3.8, 4) is 5.75 Å². The number of nitrogens with one attached hydrogen (secondary N) is 2. The summed E-state index contributed by atoms with van der Waals surface area (Å²) in [5.74, 6) is -6.54. The van der Waals surface area contributed by atoms with E-state index in [2.05, 4.69) is 10.6 Å². The number of benzene rings is 3. The van der Waals surface area contributed by atoms with Crippen LogP contribution in [0.2, 0.25) is 0 Å². The molecule has 3 aromatic carbocycles. The second-order valence-corrected chi connectivity index (χ2v) is 13.5. The molecule has 0 aliphatic carbocycles. The van der Waals surface area contributed by atoms with Crippen molar-refractivity contribution in [2.75, 3.05) is 44.1 Å². The van der Waals surface area contributed by atoms with Crippen LogP contribution >= 0.6 is 0 Å². The molecule has 5 N–H and O–H groups in total. The first kappa shape index (κ1) is 35.6. The number of hydrogen-bond donors (Lipinski definition) is 4. The highest BCUT2D eigenvalue weighted by Gasteiger charge is 2.46. The summed E-state index contributed by atoms with van der Waals surface area (Å²) in [5, 5.41) is 15.6. The van der Waals surface area contributed by atoms with Crippen molar-refractivity contribution in [2.45, 2.75) is 30.3 Å². The maximum absolute atomic E-state index is 15.1. The van der Waals surface area contributed by atoms with Crippen molar-refractivity contribution in [3.05, 3.63) is 82.9 Å². The van der Waals surface area contributed by atoms with Crippen LogP contribution in [0.4, 0.5) is 25.0 Å². The molecule has 4 amide bonds. The lowest BCUT2D eigenvalue weighted by molar-refractivity contribution is -0.143. The lowest BCUT2D eigenvalue weighted by Gasteiger charge is -2.33. The highest BCUT2D eigenvalue weighted by molar-refractivity contribution is 7.91. The number of carboxylic acids is 1. The fourth-order valence-electron chi connectivity index (χ4n) is 5.47. The Bertz CT molecular complexity index is 1870. The third-order valence-electron chi connectivity index (χ3n) is 8.01. The molecule has 4 rings (SSSR count). The van der Waals surface area contributed by atoms with E-state index < -0.39 is 63.3 Å². The van der Waals surface area contributed by atoms with Gasteiger partial charge in [0, 0.05) is 31.9 Å². The van der Waals surface area contributed by atoms with Gasteiger partial charge in [0.1, 0.15) is 11.9 Å². The molecule has 1 aliphatic rings. The summed E-state index contributed by atoms with van der Waals surface area (Å²) in [6, 6.07) is 7.11. The summed E-state index contributed by atoms with van der Waals surface area (Å²) in [6.07, 6.45) is -0.0867. The van der Waals surface area contributed by atoms with Gasteiger partial charge in [0.25, 0.3) is 0 Å². The van der Waals surface area contributed by atoms with E-state index in [1.807, 2.05) is 0 Å². The molecule has 48 heavy (non-hydrogen) atoms. The molecule has 16 heteroatoms. The predicted molar refractivity (Wildman–Crippen MR) is 171 cm³/mol. The quantitative estimate of drug-likeness (QED) is 0.233. The number of urea groups is 1. The number of hydrogen-bond acceptors (Lipinski definition) is 8. The van der Waals surface area contributed by atoms with E-state index in [-0.39, 0.29) is 57.4 Å². The molecule has 0 radical (unpaired) electrons. The normalized spacial score (nSPS) is 16.6. The number of carbonyl (C=O) groups excluding carboxylic acids is 3. The third-order valence-corrected chi connectivity index (χ3v) is 9.81. The number of rotatable bonds is 11. The van der Waals surface area contributed by atoms with Crippen molar-refractivity contribution in [2.24, 2.45) is 11.7 Å². The third kappa shape index (κ3) is 7.33. The highest BCUT2D eigenvalue weighted by atomic mass is 32.2. The van der Waals surface area contributed by atoms with Gasteiger partial charge in [-0.15, -0.1) is 0 Å². The van der Waals surface area contributed by atoms with Gasteiger partial charge in [0.05, 0.1) is 35.4 Å². The van der Waals surface area contributed by atoms with Crippen LogP contribution in [-0.2, 0) is 19.4 Å². The van der Waals surface area contributed by atoms with Crippen LogP contribution in [0.25, 0.3) is 0 Å². The Morgan fingerprint density at radius 3 is 2.35 bits per heavy atom. The van der Waals surface area contributed by atoms with Gasteiger partial charge in [-0.05, 0) is 66.1 Å². The number of nitrogens with zero attached hydrogens (tertiary/aromatic N) is 2. The number of methoxy groups -OCH3 is 1. The monoisotopic (exact) mass is 687 g/mol. The van der Waals surface area contributed by atoms with Gasteiger partial charge in [0.2, 0.25) is 11.8 Å². The standard InChI is InChI=1S/C32H35F2N5O8S/c1-5-48(45,46)26-11-8-19(36-32(44)38(2)3)16-21(26)28-20(31(42)43)12-13-39(28)30(41)27(17-6-10-23(34)25(15-17)47-4)37-24-14-18(29(35)40)7-9-22(24)33/h6-11,14-16,20,27-28,37H,5,12-13H2,1-4H3,(H2,35,40)(H,36,44)(H,42,43)/t20?,27-,28?/m0/s1. The molecule has 13 nitrogen and oxygen atoms in total. The first-order chi connectivity index (χ1) is 22.6. The number of aliphatic carboxylic acids is 1. The van der Waals surface area contributed by atoms with Gasteiger partial charge in [-0.2, -0.15) is 0 Å². The lowest BCUT2D eigenvalue weighted by atomic mass is 9.92. The number of sulfone groups is 1. The number of amides is 4. The molecule has 0 bridgehead atoms. The molecular formula is C32H35F2N5O8S. The number of carboxylic acid groups (broad SMARTS) is 1. The van der Waals surface area contributed by atoms with E-state index in [4.69, 9.17) is 10.5 Å². The first-order valence-corrected chi connectivity index (χ1v) is 16.3. The summed E-state index contributed by atoms with van der Waals surface area (Å²) in [5.41, 5.74) is 5.14. The topological polar surface area (TPSA) is 188 Å². The fraction of sp³-hybridized carbons (Fsp3) is 0.312. The minimum absolute atomic E-state index is 0.0519. The van der Waals surface area contributed by atoms with E-state index in [1.165, 1.54) is 63.4 Å². The molecule has 3 atom stereocenters. The minimum Gasteiger partial charge on any atom is -0.494 e. The molecule has 1 fully saturated rings. The highest BCUT2D eigenvalue weighted by Crippen LogP contribution is 2.43. The lowest BCUT2D eigenvalue weighted by Crippen LogP contribution is -2.40. The first-order valence-electron chi connectivity index (χ1n) is 14.7. The number of carbonyl (C=O) groups is 4. The van der Waals surface area contributed by atoms with Crippen LogP contribution in [0.1, 0.15) is 46.9 Å². The number of likely N-dealkylation sites (tertiary alicyclic amines) is 1. The van der Waals surface area contributed by atoms with Crippen LogP contribution in [0.3, 0.4) is 0 Å². The van der Waals surface area contributed by atoms with Gasteiger partial charge in [0.15, 0.2) is 21.4 Å². The molecule has 0 spiro atoms. The summed E-state index contributed by atoms with van der Waals surface area (Å²) in [6.45, 7) is 1.24. The van der Waals surface area contributed by atoms with Crippen LogP contribution in [0, 0.1) is 17.6 Å². The Balaban J connectivity index is 1.92. The molecule has 1 heterocycles. The summed E-state index contributed by atoms with van der Waals surface area (Å²) >= 11 is 0. The summed E-state index contributed by atoms with van der Waals surface area (Å²) in [4.78, 5) is 53.7. The van der Waals surface area contributed by atoms with E-state index in [1.54, 1.807) is 0 Å². The zero-order valence-corrected chi connectivity index (χ0v) is 27.3. The van der Waals surface area contributed by atoms with E-state index in [0.717, 1.165) is 29.2 Å². The van der Waals surface area contributed by atoms with Crippen molar-refractivity contribution in [1.82, 2.24) is 9.80 Å². The van der Waals surface area contributed by atoms with E-state index in [9.17, 15) is 37.1 Å². The molecule has 1 saturated heterocycles. The second kappa shape index (κ2) is 14.3. The zero-order valence-electron chi connectivity index (χ0n) is 26.5. The smallest absolute Gasteiger partial charge is 0.321 e. The average molecular weight is 688 g/mol. The average Bonchev–Trinajstić information content (AvgIpc) is 3.50. The van der Waals surface area contributed by atoms with Gasteiger partial charge >= 0.3 is 12.0 Å². The molecule has 2 unspecified atom stereocenters. The molecule has 3 aromatic rings. The molecule has 0 saturated carbocycles. The number of nitrogens with two attached hydrogens (primary N) is 1. The molecule has 1 aliphatic heterocycles. The number of primary amides is 1. The van der Waals surface area contributed by atoms with Gasteiger partial charge in [-0.25, -0.2) is 22.0 Å². The molecular weight excluding hydrogens is 652 g/mol. The van der Waals surface area contributed by atoms with Crippen LogP contribution in [0.15, 0.2) is 59.5 Å². The van der Waals surface area contributed by atoms with Gasteiger partial charge in [-0.1, -0.05) is 13.0 Å². The van der Waals surface area contributed by atoms with E-state index in [0.29, 0.717) is 0 Å². The molecule has 256 valence electrons. The second-order valence-electron chi connectivity index (χ2n) is 11.2. The SMILES string of the molecule is CCS(=O)(=O)c1ccc(NC(=O)N(C)C)cc1C1C(C(=O)O)CCN1C(=O)[C@@H](Nc1cc(C(N)=O)ccc1F)c1ccc(F)c(OC)c1. The van der Waals surface area contributed by atoms with Crippen LogP contribution in [-0.4, -0.2) is 80.6 Å². The Hall–Kier alpha value is -5.25. The Labute approximate surface area is 275 Å². The summed E-state index contributed by atoms with van der Waals surface area (Å²) in [7, 11) is 0.181. The number of anilines is 2. The fourth-order valence-corrected chi connectivity index (χ4v) is 6.59. The minimum atomic E-state index is -4.00. The Morgan fingerprint density at radius 1 is 1.06 bits per heavy atom. The van der Waals surface area contributed by atoms with E-state index >= 15 is 4.39 Å². The molecule has 0 aromatic heterocycles. The van der Waals surface area contributed by atoms with Crippen LogP contribution in [0.5, 0.6) is 5.75 Å². The van der Waals surface area contributed by atoms with Crippen molar-refractivity contribution >= 4 is 45.0 Å². The Kier molecular flexibility index (Phi) is 10.6.